The smallest absolute Gasteiger partial charge is 0.453 e. The Morgan fingerprint density at radius 1 is 0.656 bits per heavy atom. The van der Waals surface area contributed by atoms with Crippen molar-refractivity contribution >= 4 is 89.1 Å². The number of hydrogen-bond acceptors (Lipinski definition) is 6. The highest BCUT2D eigenvalue weighted by Crippen LogP contribution is 2.50. The lowest BCUT2D eigenvalue weighted by molar-refractivity contribution is 0.195. The topological polar surface area (TPSA) is 80.0 Å². The van der Waals surface area contributed by atoms with Crippen molar-refractivity contribution in [2.24, 2.45) is 0 Å². The molecule has 0 aliphatic carbocycles. The molecule has 8 heteroatoms. The highest BCUT2D eigenvalue weighted by atomic mass is 31.1. The molecule has 1 atom stereocenters. The van der Waals surface area contributed by atoms with E-state index in [1.165, 1.54) is 0 Å². The van der Waals surface area contributed by atoms with E-state index in [9.17, 15) is 0 Å². The number of benzene rings is 8. The lowest BCUT2D eigenvalue weighted by Crippen LogP contribution is -2.23. The van der Waals surface area contributed by atoms with Gasteiger partial charge in [-0.1, -0.05) is 134 Å². The zero-order chi connectivity index (χ0) is 42.1. The summed E-state index contributed by atoms with van der Waals surface area (Å²) in [5, 5.41) is 7.73. The van der Waals surface area contributed by atoms with Crippen LogP contribution in [-0.2, 0) is 0 Å². The van der Waals surface area contributed by atoms with E-state index in [-0.39, 0.29) is 8.81 Å². The molecule has 302 valence electrons. The largest absolute Gasteiger partial charge is 0.480 e. The Labute approximate surface area is 358 Å². The van der Waals surface area contributed by atoms with E-state index >= 15 is 0 Å². The van der Waals surface area contributed by atoms with Crippen molar-refractivity contribution in [2.75, 3.05) is 5.73 Å². The number of fused-ring (bicyclic) bond motifs is 8. The summed E-state index contributed by atoms with van der Waals surface area (Å²) < 4.78 is 34.2. The summed E-state index contributed by atoms with van der Waals surface area (Å²) >= 11 is 0. The van der Waals surface area contributed by atoms with Crippen molar-refractivity contribution < 1.29 is 22.2 Å². The second kappa shape index (κ2) is 16.7. The SMILES string of the molecule is C=C/C=C\c1ccc(Op2oc3ccc4ccccc4c3c3c(ccc4ccccc43)o2)c(-c2c(OPC(C)(C)Oc3ccc(N)c(/C=C\C)c3)ccc3ccccc23)c1C. The zero-order valence-corrected chi connectivity index (χ0v) is 36.3. The minimum Gasteiger partial charge on any atom is -0.480 e. The molecule has 61 heavy (non-hydrogen) atoms. The number of anilines is 1. The molecule has 2 N–H and O–H groups in total. The predicted molar refractivity (Wildman–Crippen MR) is 260 cm³/mol. The zero-order valence-electron chi connectivity index (χ0n) is 34.4. The van der Waals surface area contributed by atoms with Gasteiger partial charge >= 0.3 is 8.24 Å². The standard InChI is InChI=1S/C53H45NO5P2/c1-6-8-16-35-23-30-46(57-61-58-47-31-25-37-18-10-13-21-42(37)51(47)52-43-22-14-11-19-38(43)26-32-48(52)59-61)49(34(35)3)50-41-20-12-9-17-36(41)24-29-45(50)56-60-53(4,5)55-40-27-28-44(54)39(33-40)15-7-2/h6-33,60H,1,54H2,2-5H3/b15-7-,16-8-. The normalized spacial score (nSPS) is 12.2. The van der Waals surface area contributed by atoms with Crippen LogP contribution in [0, 0.1) is 6.92 Å². The average Bonchev–Trinajstić information content (AvgIpc) is 3.43. The molecular formula is C53H45NO5P2. The second-order valence-corrected chi connectivity index (χ2v) is 17.9. The number of hydrogen-bond donors (Lipinski definition) is 1. The first-order valence-electron chi connectivity index (χ1n) is 20.2. The van der Waals surface area contributed by atoms with Crippen LogP contribution in [0.5, 0.6) is 17.2 Å². The van der Waals surface area contributed by atoms with Gasteiger partial charge in [-0.05, 0) is 114 Å². The Balaban J connectivity index is 1.21. The maximum absolute atomic E-state index is 7.05. The Hall–Kier alpha value is -6.71. The van der Waals surface area contributed by atoms with Gasteiger partial charge in [-0.2, -0.15) is 0 Å². The minimum atomic E-state index is -2.02. The predicted octanol–water partition coefficient (Wildman–Crippen LogP) is 16.2. The summed E-state index contributed by atoms with van der Waals surface area (Å²) in [6.07, 6.45) is 9.72. The van der Waals surface area contributed by atoms with Gasteiger partial charge in [0.25, 0.3) is 0 Å². The second-order valence-electron chi connectivity index (χ2n) is 15.3. The van der Waals surface area contributed by atoms with Crippen LogP contribution in [0.1, 0.15) is 37.5 Å². The molecule has 0 bridgehead atoms. The van der Waals surface area contributed by atoms with Crippen LogP contribution in [0.2, 0.25) is 0 Å². The number of ether oxygens (including phenoxy) is 1. The third kappa shape index (κ3) is 7.89. The van der Waals surface area contributed by atoms with Crippen molar-refractivity contribution in [2.45, 2.75) is 33.0 Å². The number of nitrogens with two attached hydrogens (primary N) is 1. The first-order valence-corrected chi connectivity index (χ1v) is 22.2. The molecule has 0 spiro atoms. The number of rotatable bonds is 11. The van der Waals surface area contributed by atoms with Crippen molar-refractivity contribution in [3.63, 3.8) is 0 Å². The molecule has 9 aromatic rings. The summed E-state index contributed by atoms with van der Waals surface area (Å²) in [4.78, 5) is 0. The van der Waals surface area contributed by atoms with Crippen LogP contribution >= 0.6 is 17.0 Å². The van der Waals surface area contributed by atoms with E-state index in [1.807, 2.05) is 87.5 Å². The third-order valence-electron chi connectivity index (χ3n) is 10.8. The van der Waals surface area contributed by atoms with Crippen molar-refractivity contribution in [3.8, 4) is 28.4 Å². The molecule has 0 aliphatic rings. The molecule has 1 heterocycles. The van der Waals surface area contributed by atoms with Gasteiger partial charge in [0.15, 0.2) is 5.34 Å². The average molecular weight is 838 g/mol. The quantitative estimate of drug-likeness (QED) is 0.0794. The molecule has 9 rings (SSSR count). The molecule has 1 aromatic heterocycles. The molecule has 1 unspecified atom stereocenters. The Morgan fingerprint density at radius 2 is 1.25 bits per heavy atom. The van der Waals surface area contributed by atoms with E-state index in [0.29, 0.717) is 34.1 Å². The fraction of sp³-hybridized carbons (Fsp3) is 0.0943. The number of nitrogen functional groups attached to an aromatic ring is 1. The Kier molecular flexibility index (Phi) is 10.9. The van der Waals surface area contributed by atoms with Gasteiger partial charge in [-0.15, -0.1) is 0 Å². The van der Waals surface area contributed by atoms with Crippen LogP contribution < -0.4 is 19.5 Å². The fourth-order valence-corrected chi connectivity index (χ4v) is 9.67. The van der Waals surface area contributed by atoms with Crippen molar-refractivity contribution in [1.82, 2.24) is 0 Å². The maximum atomic E-state index is 7.05. The third-order valence-corrected chi connectivity index (χ3v) is 12.7. The van der Waals surface area contributed by atoms with Gasteiger partial charge in [0, 0.05) is 33.2 Å². The highest BCUT2D eigenvalue weighted by molar-refractivity contribution is 7.34. The molecule has 6 nitrogen and oxygen atoms in total. The van der Waals surface area contributed by atoms with Crippen molar-refractivity contribution in [3.05, 3.63) is 181 Å². The highest BCUT2D eigenvalue weighted by Gasteiger charge is 2.26. The van der Waals surface area contributed by atoms with Crippen LogP contribution in [0.3, 0.4) is 0 Å². The van der Waals surface area contributed by atoms with Gasteiger partial charge in [0.1, 0.15) is 37.2 Å². The van der Waals surface area contributed by atoms with Crippen LogP contribution in [0.15, 0.2) is 173 Å². The van der Waals surface area contributed by atoms with E-state index in [0.717, 1.165) is 70.9 Å². The lowest BCUT2D eigenvalue weighted by Gasteiger charge is -2.27. The monoisotopic (exact) mass is 837 g/mol. The molecule has 0 saturated heterocycles. The van der Waals surface area contributed by atoms with E-state index in [2.05, 4.69) is 111 Å². The minimum absolute atomic E-state index is 0.0772. The summed E-state index contributed by atoms with van der Waals surface area (Å²) in [5.41, 5.74) is 13.0. The summed E-state index contributed by atoms with van der Waals surface area (Å²) in [7, 11) is -2.10. The van der Waals surface area contributed by atoms with Gasteiger partial charge in [-0.3, -0.25) is 0 Å². The van der Waals surface area contributed by atoms with E-state index in [4.69, 9.17) is 27.9 Å². The molecule has 8 aromatic carbocycles. The first-order chi connectivity index (χ1) is 29.7. The van der Waals surface area contributed by atoms with Gasteiger partial charge < -0.3 is 27.9 Å². The van der Waals surface area contributed by atoms with Crippen LogP contribution in [0.4, 0.5) is 5.69 Å². The van der Waals surface area contributed by atoms with Gasteiger partial charge in [0.2, 0.25) is 0 Å². The molecule has 0 saturated carbocycles. The Bertz CT molecular complexity index is 3160. The Morgan fingerprint density at radius 3 is 1.89 bits per heavy atom. The lowest BCUT2D eigenvalue weighted by atomic mass is 9.91. The van der Waals surface area contributed by atoms with Crippen LogP contribution in [0.25, 0.3) is 77.5 Å². The molecular weight excluding hydrogens is 793 g/mol. The first kappa shape index (κ1) is 39.7. The van der Waals surface area contributed by atoms with E-state index < -0.39 is 13.6 Å². The summed E-state index contributed by atoms with van der Waals surface area (Å²) in [6, 6.07) is 47.3. The van der Waals surface area contributed by atoms with Crippen molar-refractivity contribution in [1.29, 1.82) is 0 Å². The number of allylic oxidation sites excluding steroid dienone is 3. The van der Waals surface area contributed by atoms with E-state index in [1.54, 1.807) is 6.08 Å². The van der Waals surface area contributed by atoms with Gasteiger partial charge in [-0.25, -0.2) is 0 Å². The summed E-state index contributed by atoms with van der Waals surface area (Å²) in [6.45, 7) is 12.1. The van der Waals surface area contributed by atoms with Gasteiger partial charge in [0.05, 0.1) is 0 Å². The fourth-order valence-electron chi connectivity index (χ4n) is 7.94. The molecule has 0 aliphatic heterocycles. The molecule has 0 fully saturated rings. The van der Waals surface area contributed by atoms with Crippen LogP contribution in [-0.4, -0.2) is 5.34 Å². The molecule has 0 amide bonds. The maximum Gasteiger partial charge on any atom is 0.453 e. The summed E-state index contributed by atoms with van der Waals surface area (Å²) in [5.74, 6) is 2.01. The molecule has 0 radical (unpaired) electrons.